The fraction of sp³-hybridized carbons (Fsp3) is 0.211. The maximum Gasteiger partial charge on any atom is 0.128 e. The molecule has 24 heavy (non-hydrogen) atoms. The van der Waals surface area contributed by atoms with E-state index < -0.39 is 0 Å². The van der Waals surface area contributed by atoms with Crippen molar-refractivity contribution in [2.45, 2.75) is 13.8 Å². The molecule has 2 aromatic carbocycles. The Balaban J connectivity index is 1.96. The van der Waals surface area contributed by atoms with Crippen LogP contribution in [0.5, 0.6) is 11.5 Å². The molecule has 0 radical (unpaired) electrons. The number of nitrogens with one attached hydrogen (secondary N) is 1. The van der Waals surface area contributed by atoms with Crippen molar-refractivity contribution in [1.82, 2.24) is 10.2 Å². The first-order valence-corrected chi connectivity index (χ1v) is 8.18. The van der Waals surface area contributed by atoms with Gasteiger partial charge in [0.2, 0.25) is 0 Å². The third-order valence-electron chi connectivity index (χ3n) is 3.63. The van der Waals surface area contributed by atoms with E-state index in [-0.39, 0.29) is 5.75 Å². The monoisotopic (exact) mass is 342 g/mol. The van der Waals surface area contributed by atoms with Gasteiger partial charge in [-0.3, -0.25) is 5.10 Å². The van der Waals surface area contributed by atoms with Gasteiger partial charge in [0.05, 0.1) is 18.5 Å². The highest BCUT2D eigenvalue weighted by Crippen LogP contribution is 2.39. The lowest BCUT2D eigenvalue weighted by molar-refractivity contribution is 0.270. The van der Waals surface area contributed by atoms with E-state index in [2.05, 4.69) is 24.0 Å². The van der Waals surface area contributed by atoms with E-state index in [1.54, 1.807) is 12.3 Å². The van der Waals surface area contributed by atoms with Crippen LogP contribution in [-0.4, -0.2) is 21.9 Å². The molecule has 0 saturated carbocycles. The minimum Gasteiger partial charge on any atom is -0.507 e. The molecular weight excluding hydrogens is 324 g/mol. The van der Waals surface area contributed by atoms with Crippen LogP contribution in [0, 0.1) is 5.92 Å². The number of phenols is 1. The summed E-state index contributed by atoms with van der Waals surface area (Å²) in [5, 5.41) is 18.1. The number of hydrogen-bond acceptors (Lipinski definition) is 3. The summed E-state index contributed by atoms with van der Waals surface area (Å²) in [4.78, 5) is 0. The van der Waals surface area contributed by atoms with Gasteiger partial charge in [-0.05, 0) is 24.1 Å². The highest BCUT2D eigenvalue weighted by Gasteiger charge is 2.15. The summed E-state index contributed by atoms with van der Waals surface area (Å²) >= 11 is 6.29. The van der Waals surface area contributed by atoms with Gasteiger partial charge >= 0.3 is 0 Å². The average molecular weight is 343 g/mol. The van der Waals surface area contributed by atoms with Crippen molar-refractivity contribution >= 4 is 11.6 Å². The first kappa shape index (κ1) is 16.4. The molecule has 0 amide bonds. The van der Waals surface area contributed by atoms with Crippen LogP contribution in [0.4, 0.5) is 0 Å². The Hall–Kier alpha value is -2.46. The van der Waals surface area contributed by atoms with Crippen molar-refractivity contribution < 1.29 is 9.84 Å². The van der Waals surface area contributed by atoms with Gasteiger partial charge in [0, 0.05) is 27.8 Å². The summed E-state index contributed by atoms with van der Waals surface area (Å²) in [5.74, 6) is 1.20. The predicted molar refractivity (Wildman–Crippen MR) is 96.5 cm³/mol. The zero-order chi connectivity index (χ0) is 17.1. The van der Waals surface area contributed by atoms with Crippen LogP contribution in [0.3, 0.4) is 0 Å². The Kier molecular flexibility index (Phi) is 4.76. The maximum absolute atomic E-state index is 10.4. The van der Waals surface area contributed by atoms with Crippen LogP contribution in [0.15, 0.2) is 48.7 Å². The van der Waals surface area contributed by atoms with Gasteiger partial charge in [-0.1, -0.05) is 43.6 Å². The molecule has 1 aromatic heterocycles. The molecule has 3 rings (SSSR count). The Morgan fingerprint density at radius 1 is 1.12 bits per heavy atom. The number of rotatable bonds is 5. The summed E-state index contributed by atoms with van der Waals surface area (Å²) < 4.78 is 5.65. The highest BCUT2D eigenvalue weighted by atomic mass is 35.5. The smallest absolute Gasteiger partial charge is 0.128 e. The molecule has 124 valence electrons. The van der Waals surface area contributed by atoms with E-state index in [0.29, 0.717) is 28.9 Å². The third-order valence-corrected chi connectivity index (χ3v) is 3.95. The molecule has 5 heteroatoms. The first-order valence-electron chi connectivity index (χ1n) is 7.80. The molecule has 0 aliphatic rings. The molecule has 0 aliphatic carbocycles. The van der Waals surface area contributed by atoms with Crippen molar-refractivity contribution in [2.75, 3.05) is 6.61 Å². The topological polar surface area (TPSA) is 58.1 Å². The minimum absolute atomic E-state index is 0.133. The molecule has 3 aromatic rings. The summed E-state index contributed by atoms with van der Waals surface area (Å²) in [6, 6.07) is 12.8. The van der Waals surface area contributed by atoms with Gasteiger partial charge in [-0.15, -0.1) is 0 Å². The molecule has 4 nitrogen and oxygen atoms in total. The fourth-order valence-electron chi connectivity index (χ4n) is 2.45. The lowest BCUT2D eigenvalue weighted by Crippen LogP contribution is -2.04. The molecule has 0 bridgehead atoms. The molecule has 0 spiro atoms. The van der Waals surface area contributed by atoms with Crippen LogP contribution in [0.1, 0.15) is 13.8 Å². The van der Waals surface area contributed by atoms with Crippen molar-refractivity contribution in [3.05, 3.63) is 53.7 Å². The standard InChI is InChI=1S/C19H19ClN2O2/c1-12(2)11-24-13-7-8-15(18(23)9-13)19-16(10-21-22-19)14-5-3-4-6-17(14)20/h3-10,12,23H,11H2,1-2H3,(H,21,22). The minimum atomic E-state index is 0.133. The summed E-state index contributed by atoms with van der Waals surface area (Å²) in [6.45, 7) is 4.76. The number of ether oxygens (including phenoxy) is 1. The molecule has 2 N–H and O–H groups in total. The van der Waals surface area contributed by atoms with Crippen LogP contribution < -0.4 is 4.74 Å². The van der Waals surface area contributed by atoms with E-state index in [1.165, 1.54) is 0 Å². The summed E-state index contributed by atoms with van der Waals surface area (Å²) in [5.41, 5.74) is 3.07. The molecule has 0 unspecified atom stereocenters. The van der Waals surface area contributed by atoms with E-state index in [1.807, 2.05) is 36.4 Å². The van der Waals surface area contributed by atoms with Gasteiger partial charge < -0.3 is 9.84 Å². The van der Waals surface area contributed by atoms with E-state index in [0.717, 1.165) is 16.8 Å². The third kappa shape index (κ3) is 3.39. The number of aromatic nitrogens is 2. The Morgan fingerprint density at radius 3 is 2.62 bits per heavy atom. The molecule has 0 aliphatic heterocycles. The SMILES string of the molecule is CC(C)COc1ccc(-c2[nH]ncc2-c2ccccc2Cl)c(O)c1. The lowest BCUT2D eigenvalue weighted by Gasteiger charge is -2.11. The van der Waals surface area contributed by atoms with E-state index in [9.17, 15) is 5.11 Å². The largest absolute Gasteiger partial charge is 0.507 e. The Labute approximate surface area is 146 Å². The maximum atomic E-state index is 10.4. The second-order valence-corrected chi connectivity index (χ2v) is 6.43. The van der Waals surface area contributed by atoms with Crippen molar-refractivity contribution in [2.24, 2.45) is 5.92 Å². The number of H-pyrrole nitrogens is 1. The number of phenolic OH excluding ortho intramolecular Hbond substituents is 1. The van der Waals surface area contributed by atoms with Gasteiger partial charge in [-0.25, -0.2) is 0 Å². The molecule has 0 fully saturated rings. The van der Waals surface area contributed by atoms with Crippen LogP contribution in [0.25, 0.3) is 22.4 Å². The number of aromatic amines is 1. The molecule has 1 heterocycles. The molecular formula is C19H19ClN2O2. The molecule has 0 atom stereocenters. The van der Waals surface area contributed by atoms with Crippen molar-refractivity contribution in [3.63, 3.8) is 0 Å². The summed E-state index contributed by atoms with van der Waals surface area (Å²) in [6.07, 6.45) is 1.71. The van der Waals surface area contributed by atoms with Gasteiger partial charge in [0.1, 0.15) is 11.5 Å². The van der Waals surface area contributed by atoms with Gasteiger partial charge in [0.25, 0.3) is 0 Å². The number of aromatic hydroxyl groups is 1. The second kappa shape index (κ2) is 6.97. The van der Waals surface area contributed by atoms with Crippen molar-refractivity contribution in [3.8, 4) is 33.9 Å². The second-order valence-electron chi connectivity index (χ2n) is 6.02. The number of benzene rings is 2. The zero-order valence-electron chi connectivity index (χ0n) is 13.6. The first-order chi connectivity index (χ1) is 11.6. The predicted octanol–water partition coefficient (Wildman–Crippen LogP) is 5.14. The van der Waals surface area contributed by atoms with Crippen LogP contribution >= 0.6 is 11.6 Å². The lowest BCUT2D eigenvalue weighted by atomic mass is 10.0. The molecule has 0 saturated heterocycles. The number of halogens is 1. The zero-order valence-corrected chi connectivity index (χ0v) is 14.3. The van der Waals surface area contributed by atoms with Gasteiger partial charge in [-0.2, -0.15) is 5.10 Å². The van der Waals surface area contributed by atoms with Crippen LogP contribution in [-0.2, 0) is 0 Å². The van der Waals surface area contributed by atoms with E-state index >= 15 is 0 Å². The van der Waals surface area contributed by atoms with E-state index in [4.69, 9.17) is 16.3 Å². The van der Waals surface area contributed by atoms with Crippen molar-refractivity contribution in [1.29, 1.82) is 0 Å². The van der Waals surface area contributed by atoms with Gasteiger partial charge in [0.15, 0.2) is 0 Å². The number of hydrogen-bond donors (Lipinski definition) is 2. The highest BCUT2D eigenvalue weighted by molar-refractivity contribution is 6.33. The normalized spacial score (nSPS) is 11.0. The van der Waals surface area contributed by atoms with Crippen LogP contribution in [0.2, 0.25) is 5.02 Å². The number of nitrogens with zero attached hydrogens (tertiary/aromatic N) is 1. The summed E-state index contributed by atoms with van der Waals surface area (Å²) in [7, 11) is 0. The Morgan fingerprint density at radius 2 is 1.92 bits per heavy atom. The average Bonchev–Trinajstić information content (AvgIpc) is 3.02. The Bertz CT molecular complexity index is 843. The quantitative estimate of drug-likeness (QED) is 0.675. The fourth-order valence-corrected chi connectivity index (χ4v) is 2.69.